The van der Waals surface area contributed by atoms with E-state index in [0.717, 1.165) is 35.9 Å². The molecule has 6 nitrogen and oxygen atoms in total. The Morgan fingerprint density at radius 3 is 2.92 bits per heavy atom. The summed E-state index contributed by atoms with van der Waals surface area (Å²) in [5.41, 5.74) is 6.51. The van der Waals surface area contributed by atoms with Crippen LogP contribution < -0.4 is 11.3 Å². The van der Waals surface area contributed by atoms with Gasteiger partial charge in [-0.3, -0.25) is 14.2 Å². The molecular weight excluding hydrogens is 346 g/mol. The van der Waals surface area contributed by atoms with E-state index in [1.54, 1.807) is 29.9 Å². The third kappa shape index (κ3) is 3.22. The summed E-state index contributed by atoms with van der Waals surface area (Å²) in [6.07, 6.45) is 4.25. The van der Waals surface area contributed by atoms with E-state index < -0.39 is 11.2 Å². The van der Waals surface area contributed by atoms with Gasteiger partial charge in [-0.2, -0.15) is 0 Å². The number of thiophene rings is 1. The first-order valence-corrected chi connectivity index (χ1v) is 9.72. The van der Waals surface area contributed by atoms with Crippen molar-refractivity contribution in [2.45, 2.75) is 49.6 Å². The second-order valence-corrected chi connectivity index (χ2v) is 8.29. The molecule has 2 heterocycles. The number of aromatic nitrogens is 2. The molecule has 130 valence electrons. The molecule has 2 aromatic heterocycles. The van der Waals surface area contributed by atoms with Crippen molar-refractivity contribution >= 4 is 39.2 Å². The molecule has 1 amide bonds. The number of methoxy groups -OCH3 is 1. The molecule has 0 spiro atoms. The number of carbonyl (C=O) groups is 1. The van der Waals surface area contributed by atoms with Crippen LogP contribution in [-0.2, 0) is 28.9 Å². The van der Waals surface area contributed by atoms with Gasteiger partial charge in [0, 0.05) is 12.0 Å². The predicted molar refractivity (Wildman–Crippen MR) is 96.9 cm³/mol. The number of fused-ring (bicyclic) bond motifs is 3. The fraction of sp³-hybridized carbons (Fsp3) is 0.562. The number of hydrogen-bond donors (Lipinski definition) is 1. The molecular formula is C16H21N3O3S2. The molecule has 0 radical (unpaired) electrons. The number of hydrogen-bond acceptors (Lipinski definition) is 6. The van der Waals surface area contributed by atoms with E-state index in [2.05, 4.69) is 0 Å². The van der Waals surface area contributed by atoms with Gasteiger partial charge in [0.15, 0.2) is 5.16 Å². The van der Waals surface area contributed by atoms with E-state index in [1.165, 1.54) is 22.2 Å². The minimum Gasteiger partial charge on any atom is -0.383 e. The number of aryl methyl sites for hydroxylation is 2. The highest BCUT2D eigenvalue weighted by Gasteiger charge is 2.23. The van der Waals surface area contributed by atoms with Crippen LogP contribution in [0.3, 0.4) is 0 Å². The van der Waals surface area contributed by atoms with Crippen LogP contribution in [-0.4, -0.2) is 34.4 Å². The predicted octanol–water partition coefficient (Wildman–Crippen LogP) is 1.95. The van der Waals surface area contributed by atoms with Gasteiger partial charge in [0.1, 0.15) is 4.83 Å². The van der Waals surface area contributed by atoms with Crippen LogP contribution in [0, 0.1) is 0 Å². The molecule has 0 fully saturated rings. The molecule has 3 rings (SSSR count). The number of primary amides is 1. The van der Waals surface area contributed by atoms with E-state index in [0.29, 0.717) is 18.3 Å². The van der Waals surface area contributed by atoms with Gasteiger partial charge in [-0.15, -0.1) is 11.3 Å². The van der Waals surface area contributed by atoms with Crippen molar-refractivity contribution in [3.63, 3.8) is 0 Å². The van der Waals surface area contributed by atoms with Crippen molar-refractivity contribution in [3.05, 3.63) is 20.8 Å². The number of amides is 1. The zero-order valence-electron chi connectivity index (χ0n) is 13.8. The minimum atomic E-state index is -0.447. The van der Waals surface area contributed by atoms with Crippen LogP contribution in [0.25, 0.3) is 10.2 Å². The summed E-state index contributed by atoms with van der Waals surface area (Å²) in [6, 6.07) is 0. The van der Waals surface area contributed by atoms with Gasteiger partial charge in [0.05, 0.1) is 23.8 Å². The Hall–Kier alpha value is -1.38. The molecule has 0 saturated heterocycles. The summed E-state index contributed by atoms with van der Waals surface area (Å²) in [5.74, 6) is -0.418. The number of ether oxygens (including phenoxy) is 1. The average molecular weight is 367 g/mol. The van der Waals surface area contributed by atoms with Crippen LogP contribution >= 0.6 is 23.1 Å². The molecule has 2 N–H and O–H groups in total. The van der Waals surface area contributed by atoms with Gasteiger partial charge in [-0.05, 0) is 38.2 Å². The highest BCUT2D eigenvalue weighted by atomic mass is 32.2. The second-order valence-electron chi connectivity index (χ2n) is 5.90. The molecule has 0 aromatic carbocycles. The maximum Gasteiger partial charge on any atom is 0.263 e. The van der Waals surface area contributed by atoms with Gasteiger partial charge in [0.25, 0.3) is 5.56 Å². The first-order valence-electron chi connectivity index (χ1n) is 8.03. The number of nitrogens with two attached hydrogens (primary N) is 1. The minimum absolute atomic E-state index is 0.0318. The van der Waals surface area contributed by atoms with E-state index in [1.807, 2.05) is 0 Å². The van der Waals surface area contributed by atoms with Crippen molar-refractivity contribution in [2.75, 3.05) is 13.7 Å². The lowest BCUT2D eigenvalue weighted by Gasteiger charge is -2.14. The Balaban J connectivity index is 2.14. The monoisotopic (exact) mass is 367 g/mol. The molecule has 24 heavy (non-hydrogen) atoms. The van der Waals surface area contributed by atoms with Gasteiger partial charge in [0.2, 0.25) is 5.91 Å². The molecule has 8 heteroatoms. The van der Waals surface area contributed by atoms with E-state index >= 15 is 0 Å². The Morgan fingerprint density at radius 2 is 2.21 bits per heavy atom. The zero-order chi connectivity index (χ0) is 17.3. The summed E-state index contributed by atoms with van der Waals surface area (Å²) >= 11 is 2.84. The van der Waals surface area contributed by atoms with Crippen LogP contribution in [0.5, 0.6) is 0 Å². The highest BCUT2D eigenvalue weighted by Crippen LogP contribution is 2.35. The maximum atomic E-state index is 13.1. The lowest BCUT2D eigenvalue weighted by atomic mass is 9.97. The van der Waals surface area contributed by atoms with E-state index in [-0.39, 0.29) is 5.56 Å². The van der Waals surface area contributed by atoms with Gasteiger partial charge in [-0.1, -0.05) is 11.8 Å². The van der Waals surface area contributed by atoms with Gasteiger partial charge in [-0.25, -0.2) is 4.98 Å². The lowest BCUT2D eigenvalue weighted by Crippen LogP contribution is -2.28. The Bertz CT molecular complexity index is 828. The van der Waals surface area contributed by atoms with Crippen molar-refractivity contribution in [3.8, 4) is 0 Å². The first-order chi connectivity index (χ1) is 11.5. The summed E-state index contributed by atoms with van der Waals surface area (Å²) in [7, 11) is 1.60. The zero-order valence-corrected chi connectivity index (χ0v) is 15.5. The fourth-order valence-electron chi connectivity index (χ4n) is 2.91. The number of rotatable bonds is 6. The molecule has 0 bridgehead atoms. The third-order valence-electron chi connectivity index (χ3n) is 4.24. The Morgan fingerprint density at radius 1 is 1.46 bits per heavy atom. The van der Waals surface area contributed by atoms with Crippen molar-refractivity contribution in [1.29, 1.82) is 0 Å². The smallest absolute Gasteiger partial charge is 0.263 e. The van der Waals surface area contributed by atoms with Gasteiger partial charge >= 0.3 is 0 Å². The van der Waals surface area contributed by atoms with Crippen LogP contribution in [0.4, 0.5) is 0 Å². The normalized spacial score (nSPS) is 15.4. The molecule has 1 atom stereocenters. The quantitative estimate of drug-likeness (QED) is 0.623. The Labute approximate surface area is 148 Å². The van der Waals surface area contributed by atoms with Crippen molar-refractivity contribution < 1.29 is 9.53 Å². The van der Waals surface area contributed by atoms with Gasteiger partial charge < -0.3 is 10.5 Å². The fourth-order valence-corrected chi connectivity index (χ4v) is 5.09. The first kappa shape index (κ1) is 17.4. The van der Waals surface area contributed by atoms with Crippen molar-refractivity contribution in [2.24, 2.45) is 5.73 Å². The average Bonchev–Trinajstić information content (AvgIpc) is 2.92. The van der Waals surface area contributed by atoms with Crippen LogP contribution in [0.2, 0.25) is 0 Å². The van der Waals surface area contributed by atoms with E-state index in [9.17, 15) is 9.59 Å². The van der Waals surface area contributed by atoms with Crippen LogP contribution in [0.15, 0.2) is 9.95 Å². The number of nitrogens with zero attached hydrogens (tertiary/aromatic N) is 2. The molecule has 0 saturated carbocycles. The highest BCUT2D eigenvalue weighted by molar-refractivity contribution is 8.00. The molecule has 1 aliphatic carbocycles. The van der Waals surface area contributed by atoms with E-state index in [4.69, 9.17) is 15.5 Å². The van der Waals surface area contributed by atoms with Crippen molar-refractivity contribution in [1.82, 2.24) is 9.55 Å². The topological polar surface area (TPSA) is 87.2 Å². The number of carbonyl (C=O) groups excluding carboxylic acids is 1. The second kappa shape index (κ2) is 7.25. The summed E-state index contributed by atoms with van der Waals surface area (Å²) in [6.45, 7) is 2.55. The SMILES string of the molecule is COCCn1c(S[C@H](C)C(N)=O)nc2sc3c(c2c1=O)CCCC3. The molecule has 0 aliphatic heterocycles. The summed E-state index contributed by atoms with van der Waals surface area (Å²) in [4.78, 5) is 31.2. The lowest BCUT2D eigenvalue weighted by molar-refractivity contribution is -0.117. The standard InChI is InChI=1S/C16H21N3O3S2/c1-9(13(17)20)23-16-18-14-12(15(21)19(16)7-8-22-2)10-5-3-4-6-11(10)24-14/h9H,3-8H2,1-2H3,(H2,17,20)/t9-/m1/s1. The Kier molecular flexibility index (Phi) is 5.27. The number of thioether (sulfide) groups is 1. The largest absolute Gasteiger partial charge is 0.383 e. The maximum absolute atomic E-state index is 13.1. The summed E-state index contributed by atoms with van der Waals surface area (Å²) < 4.78 is 6.75. The molecule has 0 unspecified atom stereocenters. The molecule has 2 aromatic rings. The molecule has 1 aliphatic rings. The third-order valence-corrected chi connectivity index (χ3v) is 6.54. The van der Waals surface area contributed by atoms with Crippen LogP contribution in [0.1, 0.15) is 30.2 Å². The summed E-state index contributed by atoms with van der Waals surface area (Å²) in [5, 5.41) is 0.842.